The van der Waals surface area contributed by atoms with E-state index in [2.05, 4.69) is 0 Å². The zero-order chi connectivity index (χ0) is 16.4. The molecule has 0 aromatic rings. The summed E-state index contributed by atoms with van der Waals surface area (Å²) in [7, 11) is 1.61. The van der Waals surface area contributed by atoms with E-state index in [1.54, 1.807) is 14.0 Å². The molecule has 0 aromatic heterocycles. The highest BCUT2D eigenvalue weighted by atomic mass is 19.3. The summed E-state index contributed by atoms with van der Waals surface area (Å²) in [5, 5.41) is 0. The van der Waals surface area contributed by atoms with E-state index in [4.69, 9.17) is 4.74 Å². The second-order valence-corrected chi connectivity index (χ2v) is 8.29. The number of methoxy groups -OCH3 is 1. The first kappa shape index (κ1) is 16.6. The molecule has 0 spiro atoms. The minimum Gasteiger partial charge on any atom is -0.383 e. The molecule has 4 atom stereocenters. The molecule has 2 aliphatic carbocycles. The van der Waals surface area contributed by atoms with Gasteiger partial charge < -0.3 is 4.74 Å². The van der Waals surface area contributed by atoms with Gasteiger partial charge in [-0.1, -0.05) is 20.8 Å². The first-order valence-corrected chi connectivity index (χ1v) is 8.41. The summed E-state index contributed by atoms with van der Waals surface area (Å²) in [6.45, 7) is 6.43. The van der Waals surface area contributed by atoms with E-state index in [0.717, 1.165) is 12.8 Å². The Balaban J connectivity index is 1.91. The van der Waals surface area contributed by atoms with Crippen molar-refractivity contribution in [3.05, 3.63) is 0 Å². The van der Waals surface area contributed by atoms with Gasteiger partial charge in [-0.3, -0.25) is 4.90 Å². The van der Waals surface area contributed by atoms with Crippen LogP contribution in [0.5, 0.6) is 0 Å². The number of nitrogens with zero attached hydrogens (tertiary/aromatic N) is 1. The van der Waals surface area contributed by atoms with Crippen LogP contribution >= 0.6 is 0 Å². The molecule has 0 N–H and O–H groups in total. The maximum absolute atomic E-state index is 15.9. The highest BCUT2D eigenvalue weighted by Crippen LogP contribution is 2.76. The lowest BCUT2D eigenvalue weighted by Crippen LogP contribution is -2.60. The van der Waals surface area contributed by atoms with Crippen molar-refractivity contribution in [1.82, 2.24) is 4.90 Å². The molecule has 3 rings (SSSR count). The molecule has 2 bridgehead atoms. The molecule has 1 heterocycles. The van der Waals surface area contributed by atoms with Crippen LogP contribution in [-0.4, -0.2) is 49.3 Å². The van der Waals surface area contributed by atoms with Crippen molar-refractivity contribution in [3.63, 3.8) is 0 Å². The lowest BCUT2D eigenvalue weighted by Gasteiger charge is -2.47. The Kier molecular flexibility index (Phi) is 3.65. The van der Waals surface area contributed by atoms with Crippen LogP contribution in [0.4, 0.5) is 13.2 Å². The number of fused-ring (bicyclic) bond motifs is 2. The van der Waals surface area contributed by atoms with Crippen LogP contribution in [0.1, 0.15) is 46.5 Å². The van der Waals surface area contributed by atoms with E-state index in [9.17, 15) is 8.78 Å². The van der Waals surface area contributed by atoms with Crippen molar-refractivity contribution in [2.75, 3.05) is 26.8 Å². The monoisotopic (exact) mass is 319 g/mol. The summed E-state index contributed by atoms with van der Waals surface area (Å²) >= 11 is 0. The highest BCUT2D eigenvalue weighted by Gasteiger charge is 2.83. The third kappa shape index (κ3) is 1.75. The molecule has 3 fully saturated rings. The molecule has 5 heteroatoms. The van der Waals surface area contributed by atoms with E-state index in [0.29, 0.717) is 26.0 Å². The molecule has 128 valence electrons. The van der Waals surface area contributed by atoms with Crippen LogP contribution < -0.4 is 0 Å². The van der Waals surface area contributed by atoms with Gasteiger partial charge in [-0.2, -0.15) is 0 Å². The first-order valence-electron chi connectivity index (χ1n) is 8.41. The van der Waals surface area contributed by atoms with Gasteiger partial charge in [0.1, 0.15) is 0 Å². The van der Waals surface area contributed by atoms with Gasteiger partial charge in [0.05, 0.1) is 6.61 Å². The molecule has 2 nitrogen and oxygen atoms in total. The molecule has 0 aromatic carbocycles. The van der Waals surface area contributed by atoms with Crippen LogP contribution in [0.3, 0.4) is 0 Å². The van der Waals surface area contributed by atoms with E-state index < -0.39 is 28.3 Å². The Morgan fingerprint density at radius 3 is 2.36 bits per heavy atom. The van der Waals surface area contributed by atoms with Crippen molar-refractivity contribution in [2.45, 2.75) is 64.1 Å². The second-order valence-electron chi connectivity index (χ2n) is 8.29. The molecule has 3 aliphatic rings. The average Bonchev–Trinajstić information content (AvgIpc) is 2.95. The van der Waals surface area contributed by atoms with Crippen LogP contribution in [0.25, 0.3) is 0 Å². The van der Waals surface area contributed by atoms with Gasteiger partial charge in [-0.15, -0.1) is 0 Å². The van der Waals surface area contributed by atoms with Gasteiger partial charge in [0.25, 0.3) is 5.92 Å². The van der Waals surface area contributed by atoms with Gasteiger partial charge in [0.15, 0.2) is 5.67 Å². The number of alkyl halides is 3. The Hall–Kier alpha value is -0.290. The summed E-state index contributed by atoms with van der Waals surface area (Å²) in [6, 6.07) is 0.0688. The standard InChI is InChI=1S/C17H28F3NO/c1-14(2)13-7-8-15(14,3)16(18,17(13,19)20)11-21-9-5-6-12(21)10-22-4/h12-13H,5-11H2,1-4H3/t12-,13?,15?,16?/m0/s1. The van der Waals surface area contributed by atoms with Crippen LogP contribution in [0, 0.1) is 16.7 Å². The fourth-order valence-electron chi connectivity index (χ4n) is 5.53. The number of likely N-dealkylation sites (tertiary alicyclic amines) is 1. The quantitative estimate of drug-likeness (QED) is 0.779. The summed E-state index contributed by atoms with van der Waals surface area (Å²) in [5.41, 5.74) is -4.07. The predicted octanol–water partition coefficient (Wildman–Crippen LogP) is 3.90. The van der Waals surface area contributed by atoms with Crippen molar-refractivity contribution >= 4 is 0 Å². The Morgan fingerprint density at radius 2 is 1.82 bits per heavy atom. The smallest absolute Gasteiger partial charge is 0.286 e. The van der Waals surface area contributed by atoms with Gasteiger partial charge >= 0.3 is 0 Å². The van der Waals surface area contributed by atoms with Crippen molar-refractivity contribution < 1.29 is 17.9 Å². The largest absolute Gasteiger partial charge is 0.383 e. The molecule has 2 saturated carbocycles. The van der Waals surface area contributed by atoms with Gasteiger partial charge in [0, 0.05) is 31.0 Å². The fourth-order valence-corrected chi connectivity index (χ4v) is 5.53. The summed E-state index contributed by atoms with van der Waals surface area (Å²) in [5.74, 6) is -4.09. The van der Waals surface area contributed by atoms with Gasteiger partial charge in [-0.05, 0) is 37.6 Å². The molecular formula is C17H28F3NO. The number of rotatable bonds is 4. The van der Waals surface area contributed by atoms with Crippen LogP contribution in [-0.2, 0) is 4.74 Å². The molecule has 0 amide bonds. The lowest BCUT2D eigenvalue weighted by molar-refractivity contribution is -0.199. The maximum atomic E-state index is 15.9. The fraction of sp³-hybridized carbons (Fsp3) is 1.00. The number of hydrogen-bond acceptors (Lipinski definition) is 2. The van der Waals surface area contributed by atoms with Crippen molar-refractivity contribution in [3.8, 4) is 0 Å². The van der Waals surface area contributed by atoms with Crippen molar-refractivity contribution in [2.24, 2.45) is 16.7 Å². The topological polar surface area (TPSA) is 12.5 Å². The van der Waals surface area contributed by atoms with Crippen LogP contribution in [0.2, 0.25) is 0 Å². The predicted molar refractivity (Wildman–Crippen MR) is 79.9 cm³/mol. The number of hydrogen-bond donors (Lipinski definition) is 0. The average molecular weight is 319 g/mol. The maximum Gasteiger partial charge on any atom is 0.286 e. The highest BCUT2D eigenvalue weighted by molar-refractivity contribution is 5.27. The van der Waals surface area contributed by atoms with Gasteiger partial charge in [0.2, 0.25) is 0 Å². The molecule has 22 heavy (non-hydrogen) atoms. The molecule has 0 radical (unpaired) electrons. The van der Waals surface area contributed by atoms with Crippen LogP contribution in [0.15, 0.2) is 0 Å². The molecule has 1 aliphatic heterocycles. The third-order valence-corrected chi connectivity index (χ3v) is 7.35. The zero-order valence-electron chi connectivity index (χ0n) is 14.1. The minimum absolute atomic E-state index is 0.0688. The third-order valence-electron chi connectivity index (χ3n) is 7.35. The minimum atomic E-state index is -3.25. The number of ether oxygens (including phenoxy) is 1. The molecule has 1 saturated heterocycles. The summed E-state index contributed by atoms with van der Waals surface area (Å²) < 4.78 is 51.0. The SMILES string of the molecule is COC[C@@H]1CCCN1CC1(F)C(F)(F)C2CCC1(C)C2(C)C. The molecule has 3 unspecified atom stereocenters. The summed E-state index contributed by atoms with van der Waals surface area (Å²) in [4.78, 5) is 1.90. The Morgan fingerprint density at radius 1 is 1.14 bits per heavy atom. The normalized spacial score (nSPS) is 46.5. The van der Waals surface area contributed by atoms with Crippen molar-refractivity contribution in [1.29, 1.82) is 0 Å². The number of halogens is 3. The lowest BCUT2D eigenvalue weighted by atomic mass is 9.64. The van der Waals surface area contributed by atoms with E-state index in [-0.39, 0.29) is 12.6 Å². The van der Waals surface area contributed by atoms with E-state index >= 15 is 4.39 Å². The summed E-state index contributed by atoms with van der Waals surface area (Å²) in [6.07, 6.45) is 2.82. The van der Waals surface area contributed by atoms with E-state index in [1.807, 2.05) is 18.7 Å². The zero-order valence-corrected chi connectivity index (χ0v) is 14.1. The van der Waals surface area contributed by atoms with E-state index in [1.165, 1.54) is 0 Å². The second kappa shape index (κ2) is 4.85. The Labute approximate surface area is 131 Å². The Bertz CT molecular complexity index is 455. The first-order chi connectivity index (χ1) is 10.1. The molecular weight excluding hydrogens is 291 g/mol. The van der Waals surface area contributed by atoms with Gasteiger partial charge in [-0.25, -0.2) is 13.2 Å².